The lowest BCUT2D eigenvalue weighted by atomic mass is 10.1. The molecule has 1 aliphatic rings. The average Bonchev–Trinajstić information content (AvgIpc) is 3.23. The first-order chi connectivity index (χ1) is 11.7. The number of thiophene rings is 1. The highest BCUT2D eigenvalue weighted by atomic mass is 32.1. The lowest BCUT2D eigenvalue weighted by Crippen LogP contribution is -2.32. The van der Waals surface area contributed by atoms with Gasteiger partial charge in [0.1, 0.15) is 16.9 Å². The molecule has 0 aliphatic carbocycles. The topological polar surface area (TPSA) is 81.0 Å². The smallest absolute Gasteiger partial charge is 0.239 e. The highest BCUT2D eigenvalue weighted by Gasteiger charge is 2.24. The van der Waals surface area contributed by atoms with E-state index in [0.29, 0.717) is 23.0 Å². The monoisotopic (exact) mass is 341 g/mol. The second-order valence-electron chi connectivity index (χ2n) is 5.81. The van der Waals surface area contributed by atoms with Crippen LogP contribution in [0.1, 0.15) is 12.0 Å². The molecule has 1 amide bonds. The summed E-state index contributed by atoms with van der Waals surface area (Å²) in [4.78, 5) is 18.5. The number of nitriles is 1. The number of likely N-dealkylation sites (tertiary alicyclic amines) is 1. The van der Waals surface area contributed by atoms with Crippen LogP contribution in [-0.4, -0.2) is 42.0 Å². The van der Waals surface area contributed by atoms with Crippen molar-refractivity contribution in [3.8, 4) is 6.07 Å². The van der Waals surface area contributed by atoms with Crippen LogP contribution in [0, 0.1) is 17.2 Å². The van der Waals surface area contributed by atoms with Crippen molar-refractivity contribution in [2.75, 3.05) is 36.8 Å². The largest absolute Gasteiger partial charge is 0.370 e. The Balaban J connectivity index is 1.42. The molecule has 24 heavy (non-hydrogen) atoms. The molecule has 2 aromatic heterocycles. The molecule has 1 atom stereocenters. The number of nitrogens with one attached hydrogen (secondary N) is 2. The summed E-state index contributed by atoms with van der Waals surface area (Å²) in [5.41, 5.74) is 0.521. The molecule has 1 fully saturated rings. The van der Waals surface area contributed by atoms with Crippen LogP contribution in [0.2, 0.25) is 0 Å². The highest BCUT2D eigenvalue weighted by molar-refractivity contribution is 7.14. The van der Waals surface area contributed by atoms with E-state index in [9.17, 15) is 4.79 Å². The maximum atomic E-state index is 12.1. The SMILES string of the molecule is N#Cc1ccsc1NC(=O)CN1CCC(CNc2ccccn2)C1. The second kappa shape index (κ2) is 7.90. The molecule has 3 heterocycles. The molecule has 1 unspecified atom stereocenters. The number of carbonyl (C=O) groups is 1. The van der Waals surface area contributed by atoms with E-state index in [1.54, 1.807) is 12.3 Å². The molecule has 0 radical (unpaired) electrons. The van der Waals surface area contributed by atoms with Crippen LogP contribution in [0.15, 0.2) is 35.8 Å². The van der Waals surface area contributed by atoms with Crippen molar-refractivity contribution in [2.24, 2.45) is 5.92 Å². The van der Waals surface area contributed by atoms with Gasteiger partial charge in [-0.15, -0.1) is 11.3 Å². The molecule has 0 aromatic carbocycles. The first kappa shape index (κ1) is 16.4. The predicted octanol–water partition coefficient (Wildman–Crippen LogP) is 2.39. The number of anilines is 2. The van der Waals surface area contributed by atoms with Crippen LogP contribution in [0.5, 0.6) is 0 Å². The molecular formula is C17H19N5OS. The van der Waals surface area contributed by atoms with Crippen LogP contribution in [0.3, 0.4) is 0 Å². The minimum absolute atomic E-state index is 0.0627. The van der Waals surface area contributed by atoms with Gasteiger partial charge in [0.15, 0.2) is 0 Å². The predicted molar refractivity (Wildman–Crippen MR) is 94.9 cm³/mol. The van der Waals surface area contributed by atoms with E-state index in [1.807, 2.05) is 23.6 Å². The molecule has 124 valence electrons. The summed E-state index contributed by atoms with van der Waals surface area (Å²) < 4.78 is 0. The van der Waals surface area contributed by atoms with Gasteiger partial charge in [0.05, 0.1) is 12.1 Å². The lowest BCUT2D eigenvalue weighted by molar-refractivity contribution is -0.117. The van der Waals surface area contributed by atoms with E-state index in [0.717, 1.165) is 31.9 Å². The number of nitrogens with zero attached hydrogens (tertiary/aromatic N) is 3. The molecular weight excluding hydrogens is 322 g/mol. The molecule has 1 saturated heterocycles. The van der Waals surface area contributed by atoms with Gasteiger partial charge in [-0.05, 0) is 42.5 Å². The molecule has 3 rings (SSSR count). The third kappa shape index (κ3) is 4.31. The number of hydrogen-bond acceptors (Lipinski definition) is 6. The zero-order valence-electron chi connectivity index (χ0n) is 13.2. The van der Waals surface area contributed by atoms with Gasteiger partial charge in [-0.1, -0.05) is 6.07 Å². The quantitative estimate of drug-likeness (QED) is 0.843. The fourth-order valence-corrected chi connectivity index (χ4v) is 3.56. The summed E-state index contributed by atoms with van der Waals surface area (Å²) in [6.07, 6.45) is 2.84. The van der Waals surface area contributed by atoms with Crippen molar-refractivity contribution < 1.29 is 4.79 Å². The van der Waals surface area contributed by atoms with E-state index in [1.165, 1.54) is 11.3 Å². The Kier molecular flexibility index (Phi) is 5.41. The van der Waals surface area contributed by atoms with Crippen molar-refractivity contribution in [3.05, 3.63) is 41.4 Å². The van der Waals surface area contributed by atoms with Gasteiger partial charge in [0.25, 0.3) is 0 Å². The summed E-state index contributed by atoms with van der Waals surface area (Å²) in [5, 5.41) is 17.6. The van der Waals surface area contributed by atoms with Gasteiger partial charge in [0, 0.05) is 19.3 Å². The molecule has 2 N–H and O–H groups in total. The Morgan fingerprint density at radius 1 is 1.46 bits per heavy atom. The van der Waals surface area contributed by atoms with E-state index in [-0.39, 0.29) is 5.91 Å². The van der Waals surface area contributed by atoms with Crippen molar-refractivity contribution >= 4 is 28.1 Å². The fraction of sp³-hybridized carbons (Fsp3) is 0.353. The van der Waals surface area contributed by atoms with Gasteiger partial charge in [-0.2, -0.15) is 5.26 Å². The standard InChI is InChI=1S/C17H19N5OS/c18-9-14-5-8-24-17(14)21-16(23)12-22-7-4-13(11-22)10-20-15-3-1-2-6-19-15/h1-3,5-6,8,13H,4,7,10-12H2,(H,19,20)(H,21,23). The lowest BCUT2D eigenvalue weighted by Gasteiger charge is -2.16. The van der Waals surface area contributed by atoms with Crippen LogP contribution in [0.25, 0.3) is 0 Å². The van der Waals surface area contributed by atoms with Gasteiger partial charge in [0.2, 0.25) is 5.91 Å². The number of hydrogen-bond donors (Lipinski definition) is 2. The molecule has 7 heteroatoms. The normalized spacial score (nSPS) is 17.4. The van der Waals surface area contributed by atoms with Gasteiger partial charge < -0.3 is 10.6 Å². The van der Waals surface area contributed by atoms with Gasteiger partial charge >= 0.3 is 0 Å². The Bertz CT molecular complexity index is 724. The van der Waals surface area contributed by atoms with E-state index >= 15 is 0 Å². The Morgan fingerprint density at radius 3 is 3.17 bits per heavy atom. The van der Waals surface area contributed by atoms with Crippen LogP contribution in [-0.2, 0) is 4.79 Å². The zero-order chi connectivity index (χ0) is 16.8. The van der Waals surface area contributed by atoms with Crippen molar-refractivity contribution in [3.63, 3.8) is 0 Å². The maximum Gasteiger partial charge on any atom is 0.239 e. The first-order valence-corrected chi connectivity index (χ1v) is 8.77. The van der Waals surface area contributed by atoms with Crippen LogP contribution >= 0.6 is 11.3 Å². The third-order valence-corrected chi connectivity index (χ3v) is 4.84. The minimum atomic E-state index is -0.0627. The van der Waals surface area contributed by atoms with Gasteiger partial charge in [-0.3, -0.25) is 9.69 Å². The van der Waals surface area contributed by atoms with Gasteiger partial charge in [-0.25, -0.2) is 4.98 Å². The number of rotatable bonds is 6. The highest BCUT2D eigenvalue weighted by Crippen LogP contribution is 2.22. The summed E-state index contributed by atoms with van der Waals surface area (Å²) in [7, 11) is 0. The molecule has 1 aliphatic heterocycles. The summed E-state index contributed by atoms with van der Waals surface area (Å²) in [6, 6.07) is 9.61. The Morgan fingerprint density at radius 2 is 2.38 bits per heavy atom. The van der Waals surface area contributed by atoms with E-state index in [4.69, 9.17) is 5.26 Å². The second-order valence-corrected chi connectivity index (χ2v) is 6.73. The maximum absolute atomic E-state index is 12.1. The third-order valence-electron chi connectivity index (χ3n) is 4.01. The Hall–Kier alpha value is -2.43. The molecule has 2 aromatic rings. The number of carbonyl (C=O) groups excluding carboxylic acids is 1. The fourth-order valence-electron chi connectivity index (χ4n) is 2.80. The summed E-state index contributed by atoms with van der Waals surface area (Å²) >= 11 is 1.38. The van der Waals surface area contributed by atoms with Crippen LogP contribution < -0.4 is 10.6 Å². The number of amides is 1. The molecule has 0 spiro atoms. The van der Waals surface area contributed by atoms with Crippen molar-refractivity contribution in [1.82, 2.24) is 9.88 Å². The van der Waals surface area contributed by atoms with Crippen LogP contribution in [0.4, 0.5) is 10.8 Å². The van der Waals surface area contributed by atoms with Crippen molar-refractivity contribution in [1.29, 1.82) is 5.26 Å². The summed E-state index contributed by atoms with van der Waals surface area (Å²) in [6.45, 7) is 3.03. The zero-order valence-corrected chi connectivity index (χ0v) is 14.1. The molecule has 0 saturated carbocycles. The molecule has 6 nitrogen and oxygen atoms in total. The first-order valence-electron chi connectivity index (χ1n) is 7.89. The van der Waals surface area contributed by atoms with Crippen molar-refractivity contribution in [2.45, 2.75) is 6.42 Å². The average molecular weight is 341 g/mol. The van der Waals surface area contributed by atoms with E-state index < -0.39 is 0 Å². The Labute approximate surface area is 145 Å². The van der Waals surface area contributed by atoms with E-state index in [2.05, 4.69) is 26.6 Å². The molecule has 0 bridgehead atoms. The number of pyridine rings is 1. The minimum Gasteiger partial charge on any atom is -0.370 e. The number of aromatic nitrogens is 1. The summed E-state index contributed by atoms with van der Waals surface area (Å²) in [5.74, 6) is 1.33.